The first-order chi connectivity index (χ1) is 11.2. The fourth-order valence-electron chi connectivity index (χ4n) is 2.31. The molecule has 0 bridgehead atoms. The molecule has 0 saturated heterocycles. The van der Waals surface area contributed by atoms with Gasteiger partial charge in [0.25, 0.3) is 0 Å². The standard InChI is InChI=1S/C18H26N4OS/c1-7-18(5,6)19-16(23)11-24-17-21-20-14(4)22(17)15-10-12(2)8-9-13(15)3/h8-10H,7,11H2,1-6H3,(H,19,23). The Bertz CT molecular complexity index is 737. The Hall–Kier alpha value is -1.82. The van der Waals surface area contributed by atoms with E-state index in [9.17, 15) is 4.79 Å². The molecule has 2 rings (SSSR count). The summed E-state index contributed by atoms with van der Waals surface area (Å²) < 4.78 is 2.02. The molecule has 1 N–H and O–H groups in total. The van der Waals surface area contributed by atoms with Crippen molar-refractivity contribution in [3.63, 3.8) is 0 Å². The van der Waals surface area contributed by atoms with Crippen molar-refractivity contribution in [3.05, 3.63) is 35.2 Å². The minimum Gasteiger partial charge on any atom is -0.351 e. The van der Waals surface area contributed by atoms with Gasteiger partial charge in [0.2, 0.25) is 5.91 Å². The van der Waals surface area contributed by atoms with Gasteiger partial charge >= 0.3 is 0 Å². The summed E-state index contributed by atoms with van der Waals surface area (Å²) in [5, 5.41) is 12.2. The summed E-state index contributed by atoms with van der Waals surface area (Å²) in [6.45, 7) is 12.2. The van der Waals surface area contributed by atoms with Crippen LogP contribution in [0.15, 0.2) is 23.4 Å². The van der Waals surface area contributed by atoms with Gasteiger partial charge in [0.1, 0.15) is 5.82 Å². The molecule has 2 aromatic rings. The Morgan fingerprint density at radius 3 is 2.62 bits per heavy atom. The third kappa shape index (κ3) is 4.38. The highest BCUT2D eigenvalue weighted by atomic mass is 32.2. The second kappa shape index (κ2) is 7.38. The second-order valence-corrected chi connectivity index (χ2v) is 7.67. The highest BCUT2D eigenvalue weighted by Gasteiger charge is 2.19. The van der Waals surface area contributed by atoms with Gasteiger partial charge < -0.3 is 5.32 Å². The molecule has 0 radical (unpaired) electrons. The number of carbonyl (C=O) groups is 1. The van der Waals surface area contributed by atoms with Crippen molar-refractivity contribution in [2.45, 2.75) is 58.7 Å². The molecule has 6 heteroatoms. The second-order valence-electron chi connectivity index (χ2n) is 6.73. The smallest absolute Gasteiger partial charge is 0.230 e. The summed E-state index contributed by atoms with van der Waals surface area (Å²) in [5.41, 5.74) is 3.22. The van der Waals surface area contributed by atoms with E-state index in [1.807, 2.05) is 25.3 Å². The Kier molecular flexibility index (Phi) is 5.70. The van der Waals surface area contributed by atoms with E-state index in [0.717, 1.165) is 28.7 Å². The van der Waals surface area contributed by atoms with Crippen LogP contribution in [0.4, 0.5) is 0 Å². The number of aryl methyl sites for hydroxylation is 3. The molecule has 1 heterocycles. The minimum atomic E-state index is -0.186. The number of benzene rings is 1. The van der Waals surface area contributed by atoms with E-state index >= 15 is 0 Å². The molecule has 1 amide bonds. The van der Waals surface area contributed by atoms with Gasteiger partial charge in [-0.15, -0.1) is 10.2 Å². The zero-order valence-corrected chi connectivity index (χ0v) is 16.1. The van der Waals surface area contributed by atoms with Crippen molar-refractivity contribution in [1.82, 2.24) is 20.1 Å². The third-order valence-corrected chi connectivity index (χ3v) is 5.02. The molecule has 0 aliphatic heterocycles. The number of aromatic nitrogens is 3. The molecular weight excluding hydrogens is 320 g/mol. The zero-order valence-electron chi connectivity index (χ0n) is 15.3. The van der Waals surface area contributed by atoms with Gasteiger partial charge in [0.15, 0.2) is 5.16 Å². The lowest BCUT2D eigenvalue weighted by atomic mass is 10.0. The van der Waals surface area contributed by atoms with Crippen LogP contribution in [-0.4, -0.2) is 32.0 Å². The fraction of sp³-hybridized carbons (Fsp3) is 0.500. The maximum atomic E-state index is 12.2. The Labute approximate surface area is 148 Å². The van der Waals surface area contributed by atoms with E-state index in [1.54, 1.807) is 0 Å². The molecule has 0 aliphatic carbocycles. The highest BCUT2D eigenvalue weighted by Crippen LogP contribution is 2.25. The van der Waals surface area contributed by atoms with E-state index in [-0.39, 0.29) is 11.4 Å². The first-order valence-corrected chi connectivity index (χ1v) is 9.15. The maximum absolute atomic E-state index is 12.2. The van der Waals surface area contributed by atoms with Crippen LogP contribution in [0.1, 0.15) is 44.1 Å². The molecule has 1 aromatic carbocycles. The predicted octanol–water partition coefficient (Wildman–Crippen LogP) is 3.59. The number of nitrogens with one attached hydrogen (secondary N) is 1. The first-order valence-electron chi connectivity index (χ1n) is 8.17. The SMILES string of the molecule is CCC(C)(C)NC(=O)CSc1nnc(C)n1-c1cc(C)ccc1C. The number of hydrogen-bond donors (Lipinski definition) is 1. The number of hydrogen-bond acceptors (Lipinski definition) is 4. The largest absolute Gasteiger partial charge is 0.351 e. The molecule has 0 atom stereocenters. The van der Waals surface area contributed by atoms with Crippen molar-refractivity contribution >= 4 is 17.7 Å². The van der Waals surface area contributed by atoms with Gasteiger partial charge in [-0.3, -0.25) is 9.36 Å². The number of rotatable bonds is 6. The van der Waals surface area contributed by atoms with Crippen LogP contribution in [0.25, 0.3) is 5.69 Å². The summed E-state index contributed by atoms with van der Waals surface area (Å²) in [7, 11) is 0. The van der Waals surface area contributed by atoms with Crippen molar-refractivity contribution in [2.75, 3.05) is 5.75 Å². The lowest BCUT2D eigenvalue weighted by Crippen LogP contribution is -2.43. The fourth-order valence-corrected chi connectivity index (χ4v) is 3.10. The third-order valence-electron chi connectivity index (χ3n) is 4.09. The lowest BCUT2D eigenvalue weighted by Gasteiger charge is -2.24. The van der Waals surface area contributed by atoms with Crippen LogP contribution in [0.3, 0.4) is 0 Å². The Morgan fingerprint density at radius 2 is 1.96 bits per heavy atom. The Balaban J connectivity index is 2.19. The quantitative estimate of drug-likeness (QED) is 0.812. The Morgan fingerprint density at radius 1 is 1.25 bits per heavy atom. The molecular formula is C18H26N4OS. The molecule has 1 aromatic heterocycles. The minimum absolute atomic E-state index is 0.0139. The van der Waals surface area contributed by atoms with E-state index in [2.05, 4.69) is 54.5 Å². The monoisotopic (exact) mass is 346 g/mol. The average molecular weight is 347 g/mol. The summed E-state index contributed by atoms with van der Waals surface area (Å²) in [6, 6.07) is 6.30. The van der Waals surface area contributed by atoms with Gasteiger partial charge in [-0.2, -0.15) is 0 Å². The average Bonchev–Trinajstić information content (AvgIpc) is 2.88. The summed E-state index contributed by atoms with van der Waals surface area (Å²) in [6.07, 6.45) is 0.890. The maximum Gasteiger partial charge on any atom is 0.230 e. The highest BCUT2D eigenvalue weighted by molar-refractivity contribution is 7.99. The number of thioether (sulfide) groups is 1. The lowest BCUT2D eigenvalue weighted by molar-refractivity contribution is -0.120. The van der Waals surface area contributed by atoms with Gasteiger partial charge in [-0.1, -0.05) is 30.8 Å². The van der Waals surface area contributed by atoms with E-state index in [0.29, 0.717) is 5.75 Å². The van der Waals surface area contributed by atoms with Crippen LogP contribution < -0.4 is 5.32 Å². The summed E-state index contributed by atoms with van der Waals surface area (Å²) >= 11 is 1.41. The normalized spacial score (nSPS) is 11.6. The summed E-state index contributed by atoms with van der Waals surface area (Å²) in [5.74, 6) is 1.16. The number of amides is 1. The van der Waals surface area contributed by atoms with Crippen molar-refractivity contribution in [3.8, 4) is 5.69 Å². The van der Waals surface area contributed by atoms with Gasteiger partial charge in [-0.25, -0.2) is 0 Å². The van der Waals surface area contributed by atoms with E-state index in [1.165, 1.54) is 17.3 Å². The van der Waals surface area contributed by atoms with Crippen LogP contribution in [0, 0.1) is 20.8 Å². The van der Waals surface area contributed by atoms with Crippen LogP contribution in [-0.2, 0) is 4.79 Å². The van der Waals surface area contributed by atoms with Crippen LogP contribution in [0.5, 0.6) is 0 Å². The van der Waals surface area contributed by atoms with Crippen LogP contribution in [0.2, 0.25) is 0 Å². The van der Waals surface area contributed by atoms with E-state index < -0.39 is 0 Å². The molecule has 0 saturated carbocycles. The summed E-state index contributed by atoms with van der Waals surface area (Å²) in [4.78, 5) is 12.2. The van der Waals surface area contributed by atoms with Gasteiger partial charge in [0.05, 0.1) is 11.4 Å². The first kappa shape index (κ1) is 18.5. The van der Waals surface area contributed by atoms with Crippen molar-refractivity contribution in [1.29, 1.82) is 0 Å². The predicted molar refractivity (Wildman–Crippen MR) is 98.8 cm³/mol. The number of nitrogens with zero attached hydrogens (tertiary/aromatic N) is 3. The van der Waals surface area contributed by atoms with Gasteiger partial charge in [-0.05, 0) is 58.2 Å². The van der Waals surface area contributed by atoms with Crippen molar-refractivity contribution < 1.29 is 4.79 Å². The van der Waals surface area contributed by atoms with Crippen LogP contribution >= 0.6 is 11.8 Å². The molecule has 5 nitrogen and oxygen atoms in total. The van der Waals surface area contributed by atoms with Gasteiger partial charge in [0, 0.05) is 5.54 Å². The zero-order chi connectivity index (χ0) is 17.9. The molecule has 130 valence electrons. The molecule has 0 fully saturated rings. The molecule has 24 heavy (non-hydrogen) atoms. The van der Waals surface area contributed by atoms with Crippen molar-refractivity contribution in [2.24, 2.45) is 0 Å². The molecule has 0 aliphatic rings. The molecule has 0 spiro atoms. The molecule has 0 unspecified atom stereocenters. The van der Waals surface area contributed by atoms with E-state index in [4.69, 9.17) is 0 Å². The topological polar surface area (TPSA) is 59.8 Å². The number of carbonyl (C=O) groups excluding carboxylic acids is 1.